The minimum atomic E-state index is -0.451. The van der Waals surface area contributed by atoms with E-state index in [2.05, 4.69) is 9.97 Å². The standard InChI is InChI=1S/C19H24FN5O2/c20-14-3-4-15-16(10-14)23-17(22-15)12-5-8-24(9-6-12)18(26)13-2-1-7-25(11-13)19(21)27/h3-4,10,12-13H,1-2,5-9,11H2,(H2,21,27)(H,22,23). The van der Waals surface area contributed by atoms with Crippen molar-refractivity contribution < 1.29 is 14.0 Å². The van der Waals surface area contributed by atoms with E-state index in [1.807, 2.05) is 4.90 Å². The Balaban J connectivity index is 1.38. The number of aromatic amines is 1. The number of fused-ring (bicyclic) bond motifs is 1. The number of urea groups is 1. The lowest BCUT2D eigenvalue weighted by Gasteiger charge is -2.37. The number of benzene rings is 1. The van der Waals surface area contributed by atoms with Gasteiger partial charge in [-0.2, -0.15) is 0 Å². The van der Waals surface area contributed by atoms with E-state index >= 15 is 0 Å². The summed E-state index contributed by atoms with van der Waals surface area (Å²) in [5.74, 6) is 0.775. The second kappa shape index (κ2) is 7.17. The molecule has 0 radical (unpaired) electrons. The topological polar surface area (TPSA) is 95.3 Å². The van der Waals surface area contributed by atoms with Crippen molar-refractivity contribution in [2.24, 2.45) is 11.7 Å². The van der Waals surface area contributed by atoms with Crippen LogP contribution in [0.4, 0.5) is 9.18 Å². The van der Waals surface area contributed by atoms with Crippen LogP contribution in [0.1, 0.15) is 37.4 Å². The molecular weight excluding hydrogens is 349 g/mol. The fourth-order valence-corrected chi connectivity index (χ4v) is 4.21. The van der Waals surface area contributed by atoms with Gasteiger partial charge in [0.2, 0.25) is 5.91 Å². The van der Waals surface area contributed by atoms with Gasteiger partial charge in [-0.15, -0.1) is 0 Å². The Morgan fingerprint density at radius 2 is 1.93 bits per heavy atom. The molecule has 2 aliphatic heterocycles. The average molecular weight is 373 g/mol. The number of imidazole rings is 1. The molecule has 27 heavy (non-hydrogen) atoms. The first-order valence-corrected chi connectivity index (χ1v) is 9.49. The Morgan fingerprint density at radius 3 is 2.67 bits per heavy atom. The predicted molar refractivity (Wildman–Crippen MR) is 98.5 cm³/mol. The highest BCUT2D eigenvalue weighted by Crippen LogP contribution is 2.29. The van der Waals surface area contributed by atoms with E-state index in [9.17, 15) is 14.0 Å². The van der Waals surface area contributed by atoms with Crippen LogP contribution < -0.4 is 5.73 Å². The fourth-order valence-electron chi connectivity index (χ4n) is 4.21. The molecule has 7 nitrogen and oxygen atoms in total. The van der Waals surface area contributed by atoms with Crippen LogP contribution in [0.15, 0.2) is 18.2 Å². The molecule has 0 aliphatic carbocycles. The molecule has 8 heteroatoms. The molecule has 2 fully saturated rings. The van der Waals surface area contributed by atoms with Crippen molar-refractivity contribution in [3.63, 3.8) is 0 Å². The van der Waals surface area contributed by atoms with Gasteiger partial charge in [0.25, 0.3) is 0 Å². The second-order valence-corrected chi connectivity index (χ2v) is 7.51. The number of primary amides is 1. The smallest absolute Gasteiger partial charge is 0.314 e. The molecule has 4 rings (SSSR count). The lowest BCUT2D eigenvalue weighted by atomic mass is 9.92. The lowest BCUT2D eigenvalue weighted by Crippen LogP contribution is -2.49. The van der Waals surface area contributed by atoms with Crippen LogP contribution in [0, 0.1) is 11.7 Å². The van der Waals surface area contributed by atoms with E-state index in [1.54, 1.807) is 11.0 Å². The predicted octanol–water partition coefficient (Wildman–Crippen LogP) is 2.20. The summed E-state index contributed by atoms with van der Waals surface area (Å²) >= 11 is 0. The number of aromatic nitrogens is 2. The van der Waals surface area contributed by atoms with Gasteiger partial charge >= 0.3 is 6.03 Å². The molecule has 1 aromatic heterocycles. The number of carbonyl (C=O) groups is 2. The van der Waals surface area contributed by atoms with Crippen molar-refractivity contribution in [3.05, 3.63) is 29.8 Å². The summed E-state index contributed by atoms with van der Waals surface area (Å²) in [6.07, 6.45) is 3.25. The van der Waals surface area contributed by atoms with Gasteiger partial charge in [-0.05, 0) is 43.9 Å². The molecule has 144 valence electrons. The number of piperidine rings is 2. The van der Waals surface area contributed by atoms with Crippen LogP contribution in [-0.2, 0) is 4.79 Å². The van der Waals surface area contributed by atoms with Gasteiger partial charge in [0.1, 0.15) is 11.6 Å². The number of rotatable bonds is 2. The third-order valence-electron chi connectivity index (χ3n) is 5.74. The van der Waals surface area contributed by atoms with Crippen molar-refractivity contribution >= 4 is 23.0 Å². The van der Waals surface area contributed by atoms with Crippen LogP contribution in [0.25, 0.3) is 11.0 Å². The molecule has 0 spiro atoms. The fraction of sp³-hybridized carbons (Fsp3) is 0.526. The number of nitrogens with zero attached hydrogens (tertiary/aromatic N) is 3. The number of nitrogens with one attached hydrogen (secondary N) is 1. The quantitative estimate of drug-likeness (QED) is 0.845. The van der Waals surface area contributed by atoms with E-state index in [1.165, 1.54) is 12.1 Å². The van der Waals surface area contributed by atoms with E-state index in [-0.39, 0.29) is 23.6 Å². The molecule has 1 aromatic carbocycles. The maximum atomic E-state index is 13.4. The molecule has 1 unspecified atom stereocenters. The number of carbonyl (C=O) groups excluding carboxylic acids is 2. The van der Waals surface area contributed by atoms with Crippen molar-refractivity contribution in [2.75, 3.05) is 26.2 Å². The minimum absolute atomic E-state index is 0.117. The first kappa shape index (κ1) is 17.8. The Bertz CT molecular complexity index is 859. The molecule has 1 atom stereocenters. The summed E-state index contributed by atoms with van der Waals surface area (Å²) < 4.78 is 13.4. The van der Waals surface area contributed by atoms with Crippen LogP contribution in [0.5, 0.6) is 0 Å². The second-order valence-electron chi connectivity index (χ2n) is 7.51. The van der Waals surface area contributed by atoms with Crippen LogP contribution in [0.2, 0.25) is 0 Å². The lowest BCUT2D eigenvalue weighted by molar-refractivity contribution is -0.138. The Kier molecular flexibility index (Phi) is 4.72. The van der Waals surface area contributed by atoms with Crippen LogP contribution in [0.3, 0.4) is 0 Å². The normalized spacial score (nSPS) is 21.6. The van der Waals surface area contributed by atoms with Gasteiger partial charge in [-0.1, -0.05) is 0 Å². The molecule has 0 saturated carbocycles. The molecule has 3 N–H and O–H groups in total. The maximum absolute atomic E-state index is 13.4. The van der Waals surface area contributed by atoms with Gasteiger partial charge in [0.15, 0.2) is 0 Å². The van der Waals surface area contributed by atoms with E-state index in [0.29, 0.717) is 31.7 Å². The largest absolute Gasteiger partial charge is 0.351 e. The van der Waals surface area contributed by atoms with Crippen LogP contribution in [-0.4, -0.2) is 57.9 Å². The van der Waals surface area contributed by atoms with E-state index in [4.69, 9.17) is 5.73 Å². The van der Waals surface area contributed by atoms with Gasteiger partial charge in [-0.3, -0.25) is 4.79 Å². The average Bonchev–Trinajstić information content (AvgIpc) is 3.10. The number of hydrogen-bond acceptors (Lipinski definition) is 3. The molecule has 3 amide bonds. The number of H-pyrrole nitrogens is 1. The molecule has 2 aromatic rings. The van der Waals surface area contributed by atoms with Crippen LogP contribution >= 0.6 is 0 Å². The highest BCUT2D eigenvalue weighted by atomic mass is 19.1. The van der Waals surface area contributed by atoms with Crippen molar-refractivity contribution in [1.82, 2.24) is 19.8 Å². The first-order chi connectivity index (χ1) is 13.0. The number of halogens is 1. The van der Waals surface area contributed by atoms with Crippen molar-refractivity contribution in [3.8, 4) is 0 Å². The zero-order valence-electron chi connectivity index (χ0n) is 15.2. The summed E-state index contributed by atoms with van der Waals surface area (Å²) in [4.78, 5) is 35.5. The monoisotopic (exact) mass is 373 g/mol. The number of likely N-dealkylation sites (tertiary alicyclic amines) is 2. The number of nitrogens with two attached hydrogens (primary N) is 1. The van der Waals surface area contributed by atoms with E-state index in [0.717, 1.165) is 37.0 Å². The Labute approximate surface area is 156 Å². The summed E-state index contributed by atoms with van der Waals surface area (Å²) in [5.41, 5.74) is 6.83. The van der Waals surface area contributed by atoms with Crippen molar-refractivity contribution in [2.45, 2.75) is 31.6 Å². The third-order valence-corrected chi connectivity index (χ3v) is 5.74. The molecule has 2 aliphatic rings. The summed E-state index contributed by atoms with van der Waals surface area (Å²) in [6.45, 7) is 2.39. The maximum Gasteiger partial charge on any atom is 0.314 e. The highest BCUT2D eigenvalue weighted by Gasteiger charge is 2.33. The van der Waals surface area contributed by atoms with Gasteiger partial charge < -0.3 is 20.5 Å². The highest BCUT2D eigenvalue weighted by molar-refractivity contribution is 5.81. The molecule has 3 heterocycles. The SMILES string of the molecule is NC(=O)N1CCCC(C(=O)N2CCC(c3nc4ccc(F)cc4[nH]3)CC2)C1. The van der Waals surface area contributed by atoms with E-state index < -0.39 is 6.03 Å². The third kappa shape index (κ3) is 3.61. The summed E-state index contributed by atoms with van der Waals surface area (Å²) in [6, 6.07) is 4.09. The zero-order chi connectivity index (χ0) is 19.0. The molecular formula is C19H24FN5O2. The van der Waals surface area contributed by atoms with Gasteiger partial charge in [-0.25, -0.2) is 14.2 Å². The summed E-state index contributed by atoms with van der Waals surface area (Å²) in [5, 5.41) is 0. The molecule has 2 saturated heterocycles. The first-order valence-electron chi connectivity index (χ1n) is 9.49. The Morgan fingerprint density at radius 1 is 1.15 bits per heavy atom. The van der Waals surface area contributed by atoms with Crippen molar-refractivity contribution in [1.29, 1.82) is 0 Å². The Hall–Kier alpha value is -2.64. The molecule has 0 bridgehead atoms. The van der Waals surface area contributed by atoms with Gasteiger partial charge in [0.05, 0.1) is 17.0 Å². The summed E-state index contributed by atoms with van der Waals surface area (Å²) in [7, 11) is 0. The number of hydrogen-bond donors (Lipinski definition) is 2. The zero-order valence-corrected chi connectivity index (χ0v) is 15.2. The van der Waals surface area contributed by atoms with Gasteiger partial charge in [0, 0.05) is 32.1 Å². The number of amides is 3. The minimum Gasteiger partial charge on any atom is -0.351 e.